The van der Waals surface area contributed by atoms with Crippen molar-refractivity contribution in [1.82, 2.24) is 4.98 Å². The highest BCUT2D eigenvalue weighted by Crippen LogP contribution is 2.18. The van der Waals surface area contributed by atoms with Crippen molar-refractivity contribution in [2.24, 2.45) is 0 Å². The van der Waals surface area contributed by atoms with Crippen LogP contribution in [0.2, 0.25) is 0 Å². The molecule has 0 saturated carbocycles. The maximum Gasteiger partial charge on any atom is 0.0977 e. The fourth-order valence-electron chi connectivity index (χ4n) is 1.22. The fraction of sp³-hybridized carbons (Fsp3) is 0.364. The summed E-state index contributed by atoms with van der Waals surface area (Å²) in [6.45, 7) is 5.89. The zero-order valence-electron chi connectivity index (χ0n) is 8.28. The fourth-order valence-corrected chi connectivity index (χ4v) is 1.22. The van der Waals surface area contributed by atoms with E-state index in [2.05, 4.69) is 4.98 Å². The molecular weight excluding hydrogens is 162 g/mol. The van der Waals surface area contributed by atoms with E-state index in [1.165, 1.54) is 0 Å². The lowest BCUT2D eigenvalue weighted by Crippen LogP contribution is -1.97. The summed E-state index contributed by atoms with van der Waals surface area (Å²) in [5.74, 6) is 0. The number of pyridine rings is 1. The van der Waals surface area contributed by atoms with Crippen molar-refractivity contribution in [1.29, 1.82) is 0 Å². The Morgan fingerprint density at radius 2 is 2.23 bits per heavy atom. The van der Waals surface area contributed by atoms with Crippen LogP contribution >= 0.6 is 0 Å². The molecule has 0 aliphatic rings. The highest BCUT2D eigenvalue weighted by Gasteiger charge is 2.05. The van der Waals surface area contributed by atoms with Crippen LogP contribution in [0.4, 0.5) is 0 Å². The molecule has 1 N–H and O–H groups in total. The van der Waals surface area contributed by atoms with E-state index in [4.69, 9.17) is 0 Å². The summed E-state index contributed by atoms with van der Waals surface area (Å²) >= 11 is 0. The van der Waals surface area contributed by atoms with Gasteiger partial charge in [0.05, 0.1) is 6.10 Å². The van der Waals surface area contributed by atoms with Crippen LogP contribution in [-0.2, 0) is 0 Å². The van der Waals surface area contributed by atoms with Crippen molar-refractivity contribution in [3.05, 3.63) is 41.2 Å². The second-order valence-electron chi connectivity index (χ2n) is 3.42. The van der Waals surface area contributed by atoms with Crippen LogP contribution in [0.3, 0.4) is 0 Å². The number of aryl methyl sites for hydroxylation is 1. The first-order valence-corrected chi connectivity index (χ1v) is 4.35. The largest absolute Gasteiger partial charge is 0.384 e. The maximum atomic E-state index is 9.77. The van der Waals surface area contributed by atoms with Gasteiger partial charge in [0, 0.05) is 12.4 Å². The molecule has 0 radical (unpaired) electrons. The molecule has 0 aliphatic heterocycles. The number of hydrogen-bond donors (Lipinski definition) is 1. The molecule has 0 aromatic carbocycles. The molecule has 0 spiro atoms. The number of aliphatic hydroxyl groups excluding tert-OH is 1. The van der Waals surface area contributed by atoms with Gasteiger partial charge in [-0.15, -0.1) is 0 Å². The third kappa shape index (κ3) is 2.67. The molecule has 1 atom stereocenters. The predicted molar refractivity (Wildman–Crippen MR) is 53.4 cm³/mol. The number of nitrogens with zero attached hydrogens (tertiary/aromatic N) is 1. The Balaban J connectivity index is 2.95. The van der Waals surface area contributed by atoms with Crippen LogP contribution in [0.25, 0.3) is 0 Å². The van der Waals surface area contributed by atoms with Crippen LogP contribution in [0, 0.1) is 6.92 Å². The standard InChI is InChI=1S/C11H15NO/c1-8(2)6-11(13)10-4-5-12-7-9(10)3/h4-7,11,13H,1-3H3. The van der Waals surface area contributed by atoms with Gasteiger partial charge in [-0.25, -0.2) is 0 Å². The van der Waals surface area contributed by atoms with Gasteiger partial charge in [-0.05, 0) is 38.0 Å². The molecule has 0 fully saturated rings. The van der Waals surface area contributed by atoms with E-state index >= 15 is 0 Å². The van der Waals surface area contributed by atoms with Crippen LogP contribution < -0.4 is 0 Å². The topological polar surface area (TPSA) is 33.1 Å². The third-order valence-corrected chi connectivity index (χ3v) is 1.87. The average molecular weight is 177 g/mol. The lowest BCUT2D eigenvalue weighted by Gasteiger charge is -2.09. The molecule has 0 bridgehead atoms. The lowest BCUT2D eigenvalue weighted by molar-refractivity contribution is 0.227. The Bertz CT molecular complexity index is 314. The molecule has 0 amide bonds. The molecule has 70 valence electrons. The Labute approximate surface area is 78.9 Å². The van der Waals surface area contributed by atoms with Gasteiger partial charge < -0.3 is 5.11 Å². The molecule has 1 aromatic rings. The smallest absolute Gasteiger partial charge is 0.0977 e. The van der Waals surface area contributed by atoms with Gasteiger partial charge in [0.2, 0.25) is 0 Å². The molecule has 13 heavy (non-hydrogen) atoms. The molecule has 0 saturated heterocycles. The zero-order chi connectivity index (χ0) is 9.84. The van der Waals surface area contributed by atoms with Crippen molar-refractivity contribution in [3.8, 4) is 0 Å². The maximum absolute atomic E-state index is 9.77. The molecule has 2 nitrogen and oxygen atoms in total. The molecular formula is C11H15NO. The first-order valence-electron chi connectivity index (χ1n) is 4.35. The van der Waals surface area contributed by atoms with E-state index in [-0.39, 0.29) is 0 Å². The van der Waals surface area contributed by atoms with Gasteiger partial charge in [0.15, 0.2) is 0 Å². The van der Waals surface area contributed by atoms with Gasteiger partial charge in [-0.3, -0.25) is 4.98 Å². The van der Waals surface area contributed by atoms with Crippen molar-refractivity contribution < 1.29 is 5.11 Å². The second kappa shape index (κ2) is 4.19. The van der Waals surface area contributed by atoms with Crippen molar-refractivity contribution in [2.75, 3.05) is 0 Å². The highest BCUT2D eigenvalue weighted by atomic mass is 16.3. The molecule has 1 unspecified atom stereocenters. The molecule has 1 aromatic heterocycles. The summed E-state index contributed by atoms with van der Waals surface area (Å²) in [6.07, 6.45) is 4.79. The van der Waals surface area contributed by atoms with Crippen LogP contribution in [0.15, 0.2) is 30.1 Å². The van der Waals surface area contributed by atoms with Gasteiger partial charge >= 0.3 is 0 Å². The van der Waals surface area contributed by atoms with Crippen LogP contribution in [0.5, 0.6) is 0 Å². The number of aliphatic hydroxyl groups is 1. The minimum absolute atomic E-state index is 0.506. The van der Waals surface area contributed by atoms with Crippen molar-refractivity contribution in [2.45, 2.75) is 26.9 Å². The van der Waals surface area contributed by atoms with Gasteiger partial charge in [-0.1, -0.05) is 11.6 Å². The Kier molecular flexibility index (Phi) is 3.20. The normalized spacial score (nSPS) is 12.3. The summed E-state index contributed by atoms with van der Waals surface area (Å²) in [6, 6.07) is 1.85. The molecule has 1 rings (SSSR count). The predicted octanol–water partition coefficient (Wildman–Crippen LogP) is 2.39. The average Bonchev–Trinajstić information content (AvgIpc) is 2.03. The van der Waals surface area contributed by atoms with E-state index in [0.29, 0.717) is 0 Å². The first-order chi connectivity index (χ1) is 6.11. The third-order valence-electron chi connectivity index (χ3n) is 1.87. The first kappa shape index (κ1) is 9.93. The Morgan fingerprint density at radius 3 is 2.77 bits per heavy atom. The minimum Gasteiger partial charge on any atom is -0.384 e. The number of hydrogen-bond acceptors (Lipinski definition) is 2. The monoisotopic (exact) mass is 177 g/mol. The summed E-state index contributed by atoms with van der Waals surface area (Å²) in [5, 5.41) is 9.77. The van der Waals surface area contributed by atoms with Crippen molar-refractivity contribution >= 4 is 0 Å². The molecule has 2 heteroatoms. The van der Waals surface area contributed by atoms with E-state index in [1.54, 1.807) is 12.4 Å². The van der Waals surface area contributed by atoms with Gasteiger partial charge in [0.25, 0.3) is 0 Å². The van der Waals surface area contributed by atoms with E-state index < -0.39 is 6.10 Å². The van der Waals surface area contributed by atoms with Crippen LogP contribution in [-0.4, -0.2) is 10.1 Å². The van der Waals surface area contributed by atoms with Gasteiger partial charge in [0.1, 0.15) is 0 Å². The number of allylic oxidation sites excluding steroid dienone is 1. The number of rotatable bonds is 2. The molecule has 0 aliphatic carbocycles. The summed E-state index contributed by atoms with van der Waals surface area (Å²) in [7, 11) is 0. The quantitative estimate of drug-likeness (QED) is 0.703. The highest BCUT2D eigenvalue weighted by molar-refractivity contribution is 5.27. The van der Waals surface area contributed by atoms with Crippen LogP contribution in [0.1, 0.15) is 31.1 Å². The van der Waals surface area contributed by atoms with Crippen molar-refractivity contribution in [3.63, 3.8) is 0 Å². The Hall–Kier alpha value is -1.15. The number of aromatic nitrogens is 1. The zero-order valence-corrected chi connectivity index (χ0v) is 8.28. The summed E-state index contributed by atoms with van der Waals surface area (Å²) < 4.78 is 0. The minimum atomic E-state index is -0.506. The van der Waals surface area contributed by atoms with E-state index in [9.17, 15) is 5.11 Å². The Morgan fingerprint density at radius 1 is 1.54 bits per heavy atom. The second-order valence-corrected chi connectivity index (χ2v) is 3.42. The molecule has 1 heterocycles. The van der Waals surface area contributed by atoms with Gasteiger partial charge in [-0.2, -0.15) is 0 Å². The van der Waals surface area contributed by atoms with E-state index in [1.807, 2.05) is 32.9 Å². The SMILES string of the molecule is CC(C)=CC(O)c1ccncc1C. The summed E-state index contributed by atoms with van der Waals surface area (Å²) in [4.78, 5) is 3.97. The van der Waals surface area contributed by atoms with E-state index in [0.717, 1.165) is 16.7 Å². The summed E-state index contributed by atoms with van der Waals surface area (Å²) in [5.41, 5.74) is 3.06. The lowest BCUT2D eigenvalue weighted by atomic mass is 10.0.